The number of carbonyl (C=O) groups excluding carboxylic acids is 1. The van der Waals surface area contributed by atoms with E-state index in [9.17, 15) is 10.1 Å². The van der Waals surface area contributed by atoms with Gasteiger partial charge >= 0.3 is 0 Å². The molecule has 0 aromatic heterocycles. The van der Waals surface area contributed by atoms with Gasteiger partial charge in [-0.2, -0.15) is 5.26 Å². The van der Waals surface area contributed by atoms with Crippen LogP contribution in [0.15, 0.2) is 66.2 Å². The number of nitriles is 1. The molecular formula is C23H14Cl3IN2O2. The number of benzene rings is 3. The molecule has 0 aliphatic heterocycles. The zero-order valence-electron chi connectivity index (χ0n) is 15.8. The summed E-state index contributed by atoms with van der Waals surface area (Å²) in [7, 11) is 0. The predicted molar refractivity (Wildman–Crippen MR) is 134 cm³/mol. The second-order valence-corrected chi connectivity index (χ2v) is 8.71. The quantitative estimate of drug-likeness (QED) is 0.187. The number of ether oxygens (including phenoxy) is 1. The molecule has 0 fully saturated rings. The third kappa shape index (κ3) is 6.37. The Kier molecular flexibility index (Phi) is 8.22. The van der Waals surface area contributed by atoms with Gasteiger partial charge in [-0.3, -0.25) is 4.79 Å². The number of amides is 1. The van der Waals surface area contributed by atoms with Gasteiger partial charge in [0.1, 0.15) is 24.0 Å². The molecule has 0 atom stereocenters. The maximum absolute atomic E-state index is 12.5. The minimum absolute atomic E-state index is 0.0679. The van der Waals surface area contributed by atoms with Crippen molar-refractivity contribution >= 4 is 75.1 Å². The van der Waals surface area contributed by atoms with Gasteiger partial charge in [-0.15, -0.1) is 0 Å². The monoisotopic (exact) mass is 582 g/mol. The molecular weight excluding hydrogens is 570 g/mol. The Morgan fingerprint density at radius 2 is 1.84 bits per heavy atom. The van der Waals surface area contributed by atoms with Crippen LogP contribution in [0.5, 0.6) is 5.75 Å². The van der Waals surface area contributed by atoms with Gasteiger partial charge in [0.15, 0.2) is 0 Å². The molecule has 0 heterocycles. The molecule has 3 rings (SSSR count). The summed E-state index contributed by atoms with van der Waals surface area (Å²) in [5.74, 6) is 0.117. The van der Waals surface area contributed by atoms with E-state index >= 15 is 0 Å². The van der Waals surface area contributed by atoms with Crippen molar-refractivity contribution in [1.29, 1.82) is 5.26 Å². The molecule has 1 N–H and O–H groups in total. The molecule has 156 valence electrons. The van der Waals surface area contributed by atoms with Crippen LogP contribution in [-0.2, 0) is 11.4 Å². The zero-order chi connectivity index (χ0) is 22.4. The van der Waals surface area contributed by atoms with E-state index < -0.39 is 5.91 Å². The Labute approximate surface area is 208 Å². The average Bonchev–Trinajstić information content (AvgIpc) is 2.75. The summed E-state index contributed by atoms with van der Waals surface area (Å²) in [6, 6.07) is 19.6. The summed E-state index contributed by atoms with van der Waals surface area (Å²) < 4.78 is 6.70. The van der Waals surface area contributed by atoms with Gasteiger partial charge in [-0.05, 0) is 76.2 Å². The van der Waals surface area contributed by atoms with Crippen molar-refractivity contribution in [3.05, 3.63) is 96.0 Å². The van der Waals surface area contributed by atoms with Crippen molar-refractivity contribution in [1.82, 2.24) is 0 Å². The maximum Gasteiger partial charge on any atom is 0.266 e. The summed E-state index contributed by atoms with van der Waals surface area (Å²) in [6.45, 7) is 0.397. The highest BCUT2D eigenvalue weighted by atomic mass is 127. The molecule has 8 heteroatoms. The topological polar surface area (TPSA) is 62.1 Å². The number of hydrogen-bond acceptors (Lipinski definition) is 3. The molecule has 1 amide bonds. The fraction of sp³-hybridized carbons (Fsp3) is 0.0435. The standard InChI is InChI=1S/C23H14Cl3IN2O2/c24-17-7-4-14(5-8-17)13-31-21-9-6-15(11-19(21)27)10-16(12-28)23(30)29-20-3-1-2-18(25)22(20)26/h1-11H,13H2,(H,29,30)/b16-10-. The molecule has 0 saturated heterocycles. The average molecular weight is 584 g/mol. The lowest BCUT2D eigenvalue weighted by molar-refractivity contribution is -0.112. The third-order valence-electron chi connectivity index (χ3n) is 4.14. The van der Waals surface area contributed by atoms with Gasteiger partial charge in [0.25, 0.3) is 5.91 Å². The lowest BCUT2D eigenvalue weighted by Crippen LogP contribution is -2.13. The number of rotatable bonds is 6. The minimum atomic E-state index is -0.579. The zero-order valence-corrected chi connectivity index (χ0v) is 20.3. The molecule has 0 saturated carbocycles. The van der Waals surface area contributed by atoms with Crippen LogP contribution in [0.2, 0.25) is 15.1 Å². The second-order valence-electron chi connectivity index (χ2n) is 6.33. The molecule has 0 aliphatic carbocycles. The van der Waals surface area contributed by atoms with E-state index in [1.165, 1.54) is 6.08 Å². The Hall–Kier alpha value is -2.24. The Morgan fingerprint density at radius 3 is 2.52 bits per heavy atom. The molecule has 0 bridgehead atoms. The number of nitrogens with zero attached hydrogens (tertiary/aromatic N) is 1. The number of halogens is 4. The molecule has 0 spiro atoms. The highest BCUT2D eigenvalue weighted by molar-refractivity contribution is 14.1. The summed E-state index contributed by atoms with van der Waals surface area (Å²) in [6.07, 6.45) is 1.50. The van der Waals surface area contributed by atoms with Crippen LogP contribution < -0.4 is 10.1 Å². The number of nitrogens with one attached hydrogen (secondary N) is 1. The van der Waals surface area contributed by atoms with Crippen LogP contribution in [0.3, 0.4) is 0 Å². The third-order valence-corrected chi connectivity index (χ3v) is 6.05. The summed E-state index contributed by atoms with van der Waals surface area (Å²) in [4.78, 5) is 12.5. The molecule has 3 aromatic rings. The van der Waals surface area contributed by atoms with Crippen molar-refractivity contribution < 1.29 is 9.53 Å². The van der Waals surface area contributed by atoms with Crippen LogP contribution in [-0.4, -0.2) is 5.91 Å². The highest BCUT2D eigenvalue weighted by Gasteiger charge is 2.13. The van der Waals surface area contributed by atoms with Gasteiger partial charge in [-0.25, -0.2) is 0 Å². The molecule has 4 nitrogen and oxygen atoms in total. The number of carbonyl (C=O) groups is 1. The summed E-state index contributed by atoms with van der Waals surface area (Å²) >= 11 is 20.1. The molecule has 0 unspecified atom stereocenters. The van der Waals surface area contributed by atoms with E-state index in [2.05, 4.69) is 27.9 Å². The van der Waals surface area contributed by atoms with Crippen molar-refractivity contribution in [3.8, 4) is 11.8 Å². The SMILES string of the molecule is N#C/C(=C/c1ccc(OCc2ccc(Cl)cc2)c(I)c1)C(=O)Nc1cccc(Cl)c1Cl. The van der Waals surface area contributed by atoms with E-state index in [0.29, 0.717) is 33.7 Å². The first-order valence-corrected chi connectivity index (χ1v) is 11.1. The first kappa shape index (κ1) is 23.4. The molecule has 0 aliphatic rings. The normalized spacial score (nSPS) is 11.0. The Balaban J connectivity index is 1.72. The van der Waals surface area contributed by atoms with E-state index in [1.54, 1.807) is 30.3 Å². The lowest BCUT2D eigenvalue weighted by atomic mass is 10.1. The lowest BCUT2D eigenvalue weighted by Gasteiger charge is -2.10. The molecule has 3 aromatic carbocycles. The highest BCUT2D eigenvalue weighted by Crippen LogP contribution is 2.30. The maximum atomic E-state index is 12.5. The van der Waals surface area contributed by atoms with Crippen LogP contribution in [0.1, 0.15) is 11.1 Å². The van der Waals surface area contributed by atoms with Gasteiger partial charge in [0.05, 0.1) is 19.3 Å². The van der Waals surface area contributed by atoms with Gasteiger partial charge in [-0.1, -0.05) is 59.1 Å². The van der Waals surface area contributed by atoms with Gasteiger partial charge < -0.3 is 10.1 Å². The largest absolute Gasteiger partial charge is 0.488 e. The van der Waals surface area contributed by atoms with E-state index in [1.807, 2.05) is 36.4 Å². The van der Waals surface area contributed by atoms with Crippen molar-refractivity contribution in [2.45, 2.75) is 6.61 Å². The van der Waals surface area contributed by atoms with E-state index in [0.717, 1.165) is 9.13 Å². The molecule has 0 radical (unpaired) electrons. The van der Waals surface area contributed by atoms with Crippen molar-refractivity contribution in [2.75, 3.05) is 5.32 Å². The smallest absolute Gasteiger partial charge is 0.266 e. The fourth-order valence-corrected chi connectivity index (χ4v) is 3.74. The van der Waals surface area contributed by atoms with Crippen molar-refractivity contribution in [3.63, 3.8) is 0 Å². The van der Waals surface area contributed by atoms with Crippen LogP contribution in [0, 0.1) is 14.9 Å². The first-order valence-electron chi connectivity index (χ1n) is 8.91. The fourth-order valence-electron chi connectivity index (χ4n) is 2.57. The Bertz CT molecular complexity index is 1190. The number of hydrogen-bond donors (Lipinski definition) is 1. The van der Waals surface area contributed by atoms with Crippen molar-refractivity contribution in [2.24, 2.45) is 0 Å². The van der Waals surface area contributed by atoms with E-state index in [4.69, 9.17) is 39.5 Å². The van der Waals surface area contributed by atoms with Crippen LogP contribution in [0.25, 0.3) is 6.08 Å². The first-order chi connectivity index (χ1) is 14.9. The minimum Gasteiger partial charge on any atom is -0.488 e. The predicted octanol–water partition coefficient (Wildman–Crippen LogP) is 7.38. The second kappa shape index (κ2) is 10.9. The number of anilines is 1. The Morgan fingerprint density at radius 1 is 1.10 bits per heavy atom. The molecule has 31 heavy (non-hydrogen) atoms. The summed E-state index contributed by atoms with van der Waals surface area (Å²) in [5.41, 5.74) is 1.95. The van der Waals surface area contributed by atoms with E-state index in [-0.39, 0.29) is 10.6 Å². The van der Waals surface area contributed by atoms with Crippen LogP contribution >= 0.6 is 57.4 Å². The van der Waals surface area contributed by atoms with Gasteiger partial charge in [0, 0.05) is 5.02 Å². The van der Waals surface area contributed by atoms with Gasteiger partial charge in [0.2, 0.25) is 0 Å². The van der Waals surface area contributed by atoms with Crippen LogP contribution in [0.4, 0.5) is 5.69 Å². The summed E-state index contributed by atoms with van der Waals surface area (Å²) in [5, 5.41) is 13.2.